The molecule has 112 valence electrons. The molecular formula is C19H22Cl2. The lowest BCUT2D eigenvalue weighted by Crippen LogP contribution is -2.31. The number of alkyl halides is 2. The normalized spacial score (nSPS) is 11.6. The van der Waals surface area contributed by atoms with Crippen LogP contribution in [0.15, 0.2) is 48.5 Å². The molecule has 2 heteroatoms. The topological polar surface area (TPSA) is 0 Å². The molecule has 0 nitrogen and oxygen atoms in total. The lowest BCUT2D eigenvalue weighted by Gasteiger charge is -2.31. The van der Waals surface area contributed by atoms with Gasteiger partial charge in [0.1, 0.15) is 0 Å². The monoisotopic (exact) mass is 320 g/mol. The zero-order valence-electron chi connectivity index (χ0n) is 12.7. The Morgan fingerprint density at radius 3 is 2.14 bits per heavy atom. The van der Waals surface area contributed by atoms with Crippen molar-refractivity contribution in [3.8, 4) is 0 Å². The van der Waals surface area contributed by atoms with Crippen molar-refractivity contribution in [1.82, 2.24) is 0 Å². The maximum Gasteiger partial charge on any atom is 0.0297 e. The fourth-order valence-electron chi connectivity index (χ4n) is 2.71. The Morgan fingerprint density at radius 2 is 1.52 bits per heavy atom. The largest absolute Gasteiger partial charge is 0.126 e. The van der Waals surface area contributed by atoms with Gasteiger partial charge in [-0.25, -0.2) is 0 Å². The number of aryl methyl sites for hydroxylation is 2. The Labute approximate surface area is 138 Å². The summed E-state index contributed by atoms with van der Waals surface area (Å²) in [4.78, 5) is 0. The first kappa shape index (κ1) is 16.4. The molecule has 0 unspecified atom stereocenters. The van der Waals surface area contributed by atoms with Gasteiger partial charge in [0.2, 0.25) is 0 Å². The third-order valence-electron chi connectivity index (χ3n) is 4.06. The molecule has 0 spiro atoms. The van der Waals surface area contributed by atoms with E-state index < -0.39 is 0 Å². The molecule has 0 aliphatic heterocycles. The van der Waals surface area contributed by atoms with Gasteiger partial charge in [-0.3, -0.25) is 0 Å². The van der Waals surface area contributed by atoms with Crippen LogP contribution in [0.2, 0.25) is 0 Å². The van der Waals surface area contributed by atoms with Crippen LogP contribution < -0.4 is 0 Å². The molecule has 2 aromatic rings. The standard InChI is InChI=1S/C19H22Cl2/c1-15-8-9-16(2)18(10-15)12-19(13-20,14-21)11-17-6-4-3-5-7-17/h3-10H,11-14H2,1-2H3. The predicted molar refractivity (Wildman–Crippen MR) is 93.6 cm³/mol. The highest BCUT2D eigenvalue weighted by Gasteiger charge is 2.29. The van der Waals surface area contributed by atoms with Crippen LogP contribution in [-0.2, 0) is 12.8 Å². The molecule has 2 aromatic carbocycles. The maximum atomic E-state index is 6.33. The Morgan fingerprint density at radius 1 is 0.857 bits per heavy atom. The van der Waals surface area contributed by atoms with E-state index in [0.29, 0.717) is 11.8 Å². The summed E-state index contributed by atoms with van der Waals surface area (Å²) >= 11 is 12.7. The fraction of sp³-hybridized carbons (Fsp3) is 0.368. The van der Waals surface area contributed by atoms with Crippen molar-refractivity contribution in [2.45, 2.75) is 26.7 Å². The van der Waals surface area contributed by atoms with E-state index in [1.54, 1.807) is 0 Å². The van der Waals surface area contributed by atoms with Gasteiger partial charge in [0.05, 0.1) is 0 Å². The highest BCUT2D eigenvalue weighted by atomic mass is 35.5. The van der Waals surface area contributed by atoms with E-state index in [9.17, 15) is 0 Å². The first-order valence-electron chi connectivity index (χ1n) is 7.30. The minimum absolute atomic E-state index is 0.0942. The third-order valence-corrected chi connectivity index (χ3v) is 5.19. The second kappa shape index (κ2) is 7.33. The summed E-state index contributed by atoms with van der Waals surface area (Å²) in [5, 5.41) is 0. The summed E-state index contributed by atoms with van der Waals surface area (Å²) < 4.78 is 0. The highest BCUT2D eigenvalue weighted by molar-refractivity contribution is 6.21. The van der Waals surface area contributed by atoms with Gasteiger partial charge in [0.25, 0.3) is 0 Å². The first-order valence-corrected chi connectivity index (χ1v) is 8.37. The van der Waals surface area contributed by atoms with Crippen LogP contribution in [-0.4, -0.2) is 11.8 Å². The minimum Gasteiger partial charge on any atom is -0.126 e. The van der Waals surface area contributed by atoms with Crippen molar-refractivity contribution in [2.75, 3.05) is 11.8 Å². The van der Waals surface area contributed by atoms with Crippen molar-refractivity contribution >= 4 is 23.2 Å². The molecule has 0 bridgehead atoms. The van der Waals surface area contributed by atoms with Crippen LogP contribution >= 0.6 is 23.2 Å². The van der Waals surface area contributed by atoms with Gasteiger partial charge in [-0.15, -0.1) is 23.2 Å². The predicted octanol–water partition coefficient (Wildman–Crippen LogP) is 5.55. The molecular weight excluding hydrogens is 299 g/mol. The van der Waals surface area contributed by atoms with Gasteiger partial charge in [0, 0.05) is 17.2 Å². The smallest absolute Gasteiger partial charge is 0.0297 e. The summed E-state index contributed by atoms with van der Waals surface area (Å²) in [6.07, 6.45) is 1.83. The van der Waals surface area contributed by atoms with E-state index in [1.807, 2.05) is 6.07 Å². The van der Waals surface area contributed by atoms with Crippen LogP contribution in [0.5, 0.6) is 0 Å². The number of rotatable bonds is 6. The summed E-state index contributed by atoms with van der Waals surface area (Å²) in [5.74, 6) is 1.14. The Bertz CT molecular complexity index is 571. The van der Waals surface area contributed by atoms with Gasteiger partial charge in [0.15, 0.2) is 0 Å². The average Bonchev–Trinajstić information content (AvgIpc) is 2.51. The van der Waals surface area contributed by atoms with E-state index in [2.05, 4.69) is 56.3 Å². The molecule has 0 aromatic heterocycles. The molecule has 0 fully saturated rings. The van der Waals surface area contributed by atoms with E-state index >= 15 is 0 Å². The minimum atomic E-state index is -0.0942. The molecule has 0 saturated heterocycles. The van der Waals surface area contributed by atoms with E-state index in [-0.39, 0.29) is 5.41 Å². The Kier molecular flexibility index (Phi) is 5.72. The van der Waals surface area contributed by atoms with E-state index in [1.165, 1.54) is 22.3 Å². The molecule has 0 aliphatic carbocycles. The zero-order valence-corrected chi connectivity index (χ0v) is 14.2. The Hall–Kier alpha value is -0.980. The molecule has 2 rings (SSSR count). The van der Waals surface area contributed by atoms with Crippen molar-refractivity contribution < 1.29 is 0 Å². The van der Waals surface area contributed by atoms with Crippen LogP contribution in [0.1, 0.15) is 22.3 Å². The number of hydrogen-bond donors (Lipinski definition) is 0. The van der Waals surface area contributed by atoms with Crippen molar-refractivity contribution in [3.05, 3.63) is 70.8 Å². The molecule has 0 atom stereocenters. The third kappa shape index (κ3) is 4.25. The number of halogens is 2. The van der Waals surface area contributed by atoms with Gasteiger partial charge in [-0.2, -0.15) is 0 Å². The van der Waals surface area contributed by atoms with Gasteiger partial charge >= 0.3 is 0 Å². The molecule has 0 heterocycles. The van der Waals surface area contributed by atoms with E-state index in [4.69, 9.17) is 23.2 Å². The van der Waals surface area contributed by atoms with Crippen molar-refractivity contribution in [3.63, 3.8) is 0 Å². The van der Waals surface area contributed by atoms with Gasteiger partial charge < -0.3 is 0 Å². The van der Waals surface area contributed by atoms with Crippen LogP contribution in [0.3, 0.4) is 0 Å². The molecule has 0 saturated carbocycles. The number of benzene rings is 2. The van der Waals surface area contributed by atoms with Crippen LogP contribution in [0, 0.1) is 19.3 Å². The Balaban J connectivity index is 2.27. The second-order valence-corrected chi connectivity index (χ2v) is 6.57. The van der Waals surface area contributed by atoms with Crippen molar-refractivity contribution in [2.24, 2.45) is 5.41 Å². The fourth-order valence-corrected chi connectivity index (χ4v) is 3.37. The van der Waals surface area contributed by atoms with Crippen LogP contribution in [0.4, 0.5) is 0 Å². The molecule has 0 N–H and O–H groups in total. The van der Waals surface area contributed by atoms with Gasteiger partial charge in [-0.1, -0.05) is 54.1 Å². The quantitative estimate of drug-likeness (QED) is 0.612. The molecule has 0 radical (unpaired) electrons. The number of hydrogen-bond acceptors (Lipinski definition) is 0. The lowest BCUT2D eigenvalue weighted by atomic mass is 9.78. The van der Waals surface area contributed by atoms with E-state index in [0.717, 1.165) is 12.8 Å². The summed E-state index contributed by atoms with van der Waals surface area (Å²) in [6.45, 7) is 4.29. The lowest BCUT2D eigenvalue weighted by molar-refractivity contribution is 0.373. The SMILES string of the molecule is Cc1ccc(C)c(CC(CCl)(CCl)Cc2ccccc2)c1. The van der Waals surface area contributed by atoms with Gasteiger partial charge in [-0.05, 0) is 43.4 Å². The average molecular weight is 321 g/mol. The summed E-state index contributed by atoms with van der Waals surface area (Å²) in [7, 11) is 0. The second-order valence-electron chi connectivity index (χ2n) is 6.04. The molecule has 21 heavy (non-hydrogen) atoms. The van der Waals surface area contributed by atoms with Crippen molar-refractivity contribution in [1.29, 1.82) is 0 Å². The zero-order chi connectivity index (χ0) is 15.3. The maximum absolute atomic E-state index is 6.33. The summed E-state index contributed by atoms with van der Waals surface area (Å²) in [6, 6.07) is 17.1. The summed E-state index contributed by atoms with van der Waals surface area (Å²) in [5.41, 5.74) is 5.15. The molecule has 0 aliphatic rings. The first-order chi connectivity index (χ1) is 10.1. The van der Waals surface area contributed by atoms with Crippen LogP contribution in [0.25, 0.3) is 0 Å². The highest BCUT2D eigenvalue weighted by Crippen LogP contribution is 2.32. The molecule has 0 amide bonds.